The van der Waals surface area contributed by atoms with Gasteiger partial charge in [0.1, 0.15) is 0 Å². The third-order valence-electron chi connectivity index (χ3n) is 4.71. The molecule has 2 aromatic rings. The van der Waals surface area contributed by atoms with Gasteiger partial charge in [0.2, 0.25) is 0 Å². The Labute approximate surface area is 126 Å². The van der Waals surface area contributed by atoms with E-state index in [1.54, 1.807) is 12.4 Å². The molecule has 0 spiro atoms. The van der Waals surface area contributed by atoms with Crippen LogP contribution in [0, 0.1) is 11.8 Å². The Morgan fingerprint density at radius 2 is 1.82 bits per heavy atom. The Hall–Kier alpha value is -2.57. The maximum absolute atomic E-state index is 12.6. The number of carbonyl (C=O) groups is 2. The average Bonchev–Trinajstić information content (AvgIpc) is 3.18. The fourth-order valence-electron chi connectivity index (χ4n) is 3.57. The first-order valence-electron chi connectivity index (χ1n) is 7.32. The Morgan fingerprint density at radius 3 is 2.50 bits per heavy atom. The van der Waals surface area contributed by atoms with Crippen LogP contribution in [0.25, 0.3) is 11.0 Å². The van der Waals surface area contributed by atoms with E-state index in [1.807, 2.05) is 17.0 Å². The molecule has 2 atom stereocenters. The molecule has 2 N–H and O–H groups in total. The lowest BCUT2D eigenvalue weighted by molar-refractivity contribution is 0.0774. The number of hydrogen-bond donors (Lipinski definition) is 2. The lowest BCUT2D eigenvalue weighted by Gasteiger charge is -2.20. The van der Waals surface area contributed by atoms with Gasteiger partial charge in [0, 0.05) is 43.6 Å². The summed E-state index contributed by atoms with van der Waals surface area (Å²) in [6.45, 7) is 2.33. The predicted octanol–water partition coefficient (Wildman–Crippen LogP) is 1.24. The van der Waals surface area contributed by atoms with Gasteiger partial charge in [0.05, 0.1) is 17.4 Å². The zero-order valence-corrected chi connectivity index (χ0v) is 11.9. The first-order chi connectivity index (χ1) is 10.6. The van der Waals surface area contributed by atoms with Crippen LogP contribution in [0.4, 0.5) is 4.79 Å². The molecule has 2 fully saturated rings. The fraction of sp³-hybridized carbons (Fsp3) is 0.400. The standard InChI is InChI=1S/C15H16N4O3/c20-14(9-1-2-12-13(3-9)17-8-16-12)18-4-10-6-19(15(21)22)7-11(10)5-18/h1-3,8,10-11H,4-7H2,(H,16,17)(H,21,22). The Morgan fingerprint density at radius 1 is 1.14 bits per heavy atom. The van der Waals surface area contributed by atoms with Gasteiger partial charge in [-0.2, -0.15) is 0 Å². The maximum atomic E-state index is 12.6. The van der Waals surface area contributed by atoms with Crippen LogP contribution in [0.1, 0.15) is 10.4 Å². The third-order valence-corrected chi connectivity index (χ3v) is 4.71. The van der Waals surface area contributed by atoms with E-state index in [0.717, 1.165) is 11.0 Å². The van der Waals surface area contributed by atoms with Crippen LogP contribution in [-0.4, -0.2) is 63.1 Å². The van der Waals surface area contributed by atoms with E-state index in [0.29, 0.717) is 31.7 Å². The summed E-state index contributed by atoms with van der Waals surface area (Å²) in [4.78, 5) is 34.1. The van der Waals surface area contributed by atoms with Gasteiger partial charge in [-0.15, -0.1) is 0 Å². The Balaban J connectivity index is 1.50. The molecular formula is C15H16N4O3. The van der Waals surface area contributed by atoms with E-state index in [9.17, 15) is 9.59 Å². The van der Waals surface area contributed by atoms with E-state index in [2.05, 4.69) is 9.97 Å². The second-order valence-electron chi connectivity index (χ2n) is 6.05. The summed E-state index contributed by atoms with van der Waals surface area (Å²) in [7, 11) is 0. The van der Waals surface area contributed by atoms with Gasteiger partial charge >= 0.3 is 6.09 Å². The highest BCUT2D eigenvalue weighted by molar-refractivity contribution is 5.97. The number of hydrogen-bond acceptors (Lipinski definition) is 3. The first-order valence-corrected chi connectivity index (χ1v) is 7.32. The minimum absolute atomic E-state index is 0.00720. The van der Waals surface area contributed by atoms with Crippen LogP contribution in [-0.2, 0) is 0 Å². The number of nitrogens with zero attached hydrogens (tertiary/aromatic N) is 3. The van der Waals surface area contributed by atoms with E-state index >= 15 is 0 Å². The topological polar surface area (TPSA) is 89.5 Å². The van der Waals surface area contributed by atoms with Crippen molar-refractivity contribution in [3.05, 3.63) is 30.1 Å². The number of aromatic nitrogens is 2. The summed E-state index contributed by atoms with van der Waals surface area (Å²) in [5.41, 5.74) is 2.33. The molecule has 7 heteroatoms. The molecule has 1 aromatic heterocycles. The first kappa shape index (κ1) is 13.1. The average molecular weight is 300 g/mol. The number of nitrogens with one attached hydrogen (secondary N) is 1. The van der Waals surface area contributed by atoms with Gasteiger partial charge in [-0.25, -0.2) is 9.78 Å². The van der Waals surface area contributed by atoms with Gasteiger partial charge in [-0.1, -0.05) is 0 Å². The number of H-pyrrole nitrogens is 1. The number of imidazole rings is 1. The smallest absolute Gasteiger partial charge is 0.407 e. The fourth-order valence-corrected chi connectivity index (χ4v) is 3.57. The van der Waals surface area contributed by atoms with Gasteiger partial charge in [-0.3, -0.25) is 4.79 Å². The molecule has 7 nitrogen and oxygen atoms in total. The summed E-state index contributed by atoms with van der Waals surface area (Å²) in [6, 6.07) is 5.45. The van der Waals surface area contributed by atoms with Crippen LogP contribution < -0.4 is 0 Å². The van der Waals surface area contributed by atoms with Crippen LogP contribution in [0.15, 0.2) is 24.5 Å². The second-order valence-corrected chi connectivity index (χ2v) is 6.05. The van der Waals surface area contributed by atoms with Crippen molar-refractivity contribution in [3.63, 3.8) is 0 Å². The summed E-state index contributed by atoms with van der Waals surface area (Å²) in [5, 5.41) is 9.04. The van der Waals surface area contributed by atoms with E-state index < -0.39 is 6.09 Å². The molecule has 0 bridgehead atoms. The van der Waals surface area contributed by atoms with Crippen LogP contribution >= 0.6 is 0 Å². The molecule has 0 aliphatic carbocycles. The molecule has 2 aliphatic heterocycles. The number of benzene rings is 1. The molecule has 22 heavy (non-hydrogen) atoms. The number of amides is 2. The summed E-state index contributed by atoms with van der Waals surface area (Å²) in [5.74, 6) is 0.527. The monoisotopic (exact) mass is 300 g/mol. The molecule has 3 heterocycles. The van der Waals surface area contributed by atoms with E-state index in [-0.39, 0.29) is 17.7 Å². The minimum atomic E-state index is -0.864. The molecule has 0 saturated carbocycles. The molecule has 2 unspecified atom stereocenters. The molecule has 2 saturated heterocycles. The van der Waals surface area contributed by atoms with Crippen molar-refractivity contribution in [3.8, 4) is 0 Å². The molecule has 4 rings (SSSR count). The number of fused-ring (bicyclic) bond motifs is 2. The molecule has 2 amide bonds. The van der Waals surface area contributed by atoms with Gasteiger partial charge in [0.15, 0.2) is 0 Å². The number of carboxylic acid groups (broad SMARTS) is 1. The van der Waals surface area contributed by atoms with Crippen molar-refractivity contribution >= 4 is 23.0 Å². The molecule has 2 aliphatic rings. The van der Waals surface area contributed by atoms with Crippen LogP contribution in [0.3, 0.4) is 0 Å². The highest BCUT2D eigenvalue weighted by atomic mass is 16.4. The zero-order chi connectivity index (χ0) is 15.3. The molecule has 1 aromatic carbocycles. The number of rotatable bonds is 1. The third kappa shape index (κ3) is 2.01. The molecule has 114 valence electrons. The van der Waals surface area contributed by atoms with Crippen LogP contribution in [0.2, 0.25) is 0 Å². The van der Waals surface area contributed by atoms with Gasteiger partial charge in [0.25, 0.3) is 5.91 Å². The van der Waals surface area contributed by atoms with Crippen molar-refractivity contribution in [2.45, 2.75) is 0 Å². The normalized spacial score (nSPS) is 24.0. The maximum Gasteiger partial charge on any atom is 0.407 e. The van der Waals surface area contributed by atoms with Crippen molar-refractivity contribution < 1.29 is 14.7 Å². The van der Waals surface area contributed by atoms with Gasteiger partial charge < -0.3 is 19.9 Å². The lowest BCUT2D eigenvalue weighted by atomic mass is 10.0. The summed E-state index contributed by atoms with van der Waals surface area (Å²) in [6.07, 6.45) is 0.747. The lowest BCUT2D eigenvalue weighted by Crippen LogP contribution is -2.35. The van der Waals surface area contributed by atoms with E-state index in [1.165, 1.54) is 4.90 Å². The molecular weight excluding hydrogens is 284 g/mol. The predicted molar refractivity (Wildman–Crippen MR) is 78.6 cm³/mol. The summed E-state index contributed by atoms with van der Waals surface area (Å²) < 4.78 is 0. The summed E-state index contributed by atoms with van der Waals surface area (Å²) >= 11 is 0. The second kappa shape index (κ2) is 4.72. The minimum Gasteiger partial charge on any atom is -0.465 e. The highest BCUT2D eigenvalue weighted by Gasteiger charge is 2.43. The SMILES string of the molecule is O=C(O)N1CC2CN(C(=O)c3ccc4nc[nH]c4c3)CC2C1. The Bertz CT molecular complexity index is 742. The highest BCUT2D eigenvalue weighted by Crippen LogP contribution is 2.32. The Kier molecular flexibility index (Phi) is 2.82. The van der Waals surface area contributed by atoms with E-state index in [4.69, 9.17) is 5.11 Å². The van der Waals surface area contributed by atoms with Crippen molar-refractivity contribution in [1.82, 2.24) is 19.8 Å². The number of aromatic amines is 1. The van der Waals surface area contributed by atoms with Gasteiger partial charge in [-0.05, 0) is 18.2 Å². The van der Waals surface area contributed by atoms with Crippen LogP contribution in [0.5, 0.6) is 0 Å². The molecule has 0 radical (unpaired) electrons. The number of likely N-dealkylation sites (tertiary alicyclic amines) is 2. The van der Waals surface area contributed by atoms with Crippen molar-refractivity contribution in [2.24, 2.45) is 11.8 Å². The van der Waals surface area contributed by atoms with Crippen molar-refractivity contribution in [2.75, 3.05) is 26.2 Å². The number of carbonyl (C=O) groups excluding carboxylic acids is 1. The zero-order valence-electron chi connectivity index (χ0n) is 11.9. The quantitative estimate of drug-likeness (QED) is 0.829. The van der Waals surface area contributed by atoms with Crippen molar-refractivity contribution in [1.29, 1.82) is 0 Å². The largest absolute Gasteiger partial charge is 0.465 e.